The maximum atomic E-state index is 13.6. The van der Waals surface area contributed by atoms with E-state index in [4.69, 9.17) is 0 Å². The number of nitrogens with one attached hydrogen (secondary N) is 1. The summed E-state index contributed by atoms with van der Waals surface area (Å²) in [6.07, 6.45) is 0. The van der Waals surface area contributed by atoms with E-state index in [2.05, 4.69) is 5.32 Å². The Morgan fingerprint density at radius 3 is 2.48 bits per heavy atom. The molecule has 1 atom stereocenters. The first-order chi connectivity index (χ1) is 10.9. The third-order valence-electron chi connectivity index (χ3n) is 3.55. The summed E-state index contributed by atoms with van der Waals surface area (Å²) < 4.78 is 39.6. The van der Waals surface area contributed by atoms with Gasteiger partial charge in [-0.15, -0.1) is 0 Å². The highest BCUT2D eigenvalue weighted by molar-refractivity contribution is 5.94. The molecule has 0 spiro atoms. The zero-order valence-corrected chi connectivity index (χ0v) is 12.8. The van der Waals surface area contributed by atoms with Gasteiger partial charge in [0.2, 0.25) is 5.91 Å². The number of benzene rings is 2. The molecule has 0 unspecified atom stereocenters. The predicted octanol–water partition coefficient (Wildman–Crippen LogP) is 3.56. The van der Waals surface area contributed by atoms with Gasteiger partial charge < -0.3 is 5.32 Å². The molecule has 0 radical (unpaired) electrons. The summed E-state index contributed by atoms with van der Waals surface area (Å²) in [6, 6.07) is 8.44. The third kappa shape index (κ3) is 4.56. The summed E-state index contributed by atoms with van der Waals surface area (Å²) in [6.45, 7) is 2.01. The molecule has 0 fully saturated rings. The Morgan fingerprint density at radius 1 is 1.13 bits per heavy atom. The lowest BCUT2D eigenvalue weighted by Crippen LogP contribution is -2.39. The van der Waals surface area contributed by atoms with Gasteiger partial charge >= 0.3 is 0 Å². The fraction of sp³-hybridized carbons (Fsp3) is 0.235. The summed E-state index contributed by atoms with van der Waals surface area (Å²) in [5, 5.41) is 2.42. The number of anilines is 1. The van der Waals surface area contributed by atoms with Crippen LogP contribution in [0, 0.1) is 17.5 Å². The number of halogens is 3. The molecule has 23 heavy (non-hydrogen) atoms. The van der Waals surface area contributed by atoms with Crippen LogP contribution in [0.5, 0.6) is 0 Å². The van der Waals surface area contributed by atoms with Crippen molar-refractivity contribution in [3.8, 4) is 0 Å². The molecule has 122 valence electrons. The molecule has 3 nitrogen and oxygen atoms in total. The lowest BCUT2D eigenvalue weighted by molar-refractivity contribution is -0.120. The summed E-state index contributed by atoms with van der Waals surface area (Å²) in [5.41, 5.74) is 0.641. The highest BCUT2D eigenvalue weighted by atomic mass is 19.1. The number of likely N-dealkylation sites (N-methyl/N-ethyl adjacent to an activating group) is 1. The van der Waals surface area contributed by atoms with Crippen LogP contribution in [0.1, 0.15) is 12.5 Å². The molecule has 6 heteroatoms. The van der Waals surface area contributed by atoms with Gasteiger partial charge in [0.15, 0.2) is 0 Å². The monoisotopic (exact) mass is 322 g/mol. The molecule has 0 heterocycles. The van der Waals surface area contributed by atoms with Crippen LogP contribution in [0.25, 0.3) is 0 Å². The topological polar surface area (TPSA) is 32.3 Å². The molecule has 0 bridgehead atoms. The van der Waals surface area contributed by atoms with Crippen molar-refractivity contribution in [3.63, 3.8) is 0 Å². The highest BCUT2D eigenvalue weighted by Gasteiger charge is 2.19. The second kappa shape index (κ2) is 7.28. The molecule has 0 aliphatic rings. The van der Waals surface area contributed by atoms with E-state index in [0.717, 1.165) is 11.6 Å². The third-order valence-corrected chi connectivity index (χ3v) is 3.55. The molecule has 2 aromatic carbocycles. The second-order valence-electron chi connectivity index (χ2n) is 5.33. The summed E-state index contributed by atoms with van der Waals surface area (Å²) >= 11 is 0. The van der Waals surface area contributed by atoms with Crippen LogP contribution in [0.3, 0.4) is 0 Å². The predicted molar refractivity (Wildman–Crippen MR) is 82.3 cm³/mol. The van der Waals surface area contributed by atoms with E-state index in [1.54, 1.807) is 31.0 Å². The van der Waals surface area contributed by atoms with Crippen LogP contribution >= 0.6 is 0 Å². The van der Waals surface area contributed by atoms with Crippen molar-refractivity contribution in [1.29, 1.82) is 0 Å². The summed E-state index contributed by atoms with van der Waals surface area (Å²) in [5.74, 6) is -2.33. The first-order valence-corrected chi connectivity index (χ1v) is 7.07. The molecule has 2 aromatic rings. The van der Waals surface area contributed by atoms with Crippen molar-refractivity contribution in [2.75, 3.05) is 12.4 Å². The minimum Gasteiger partial charge on any atom is -0.322 e. The Labute approximate surface area is 132 Å². The molecule has 0 aromatic heterocycles. The first-order valence-electron chi connectivity index (χ1n) is 7.07. The Morgan fingerprint density at radius 2 is 1.83 bits per heavy atom. The van der Waals surface area contributed by atoms with Gasteiger partial charge in [-0.2, -0.15) is 0 Å². The van der Waals surface area contributed by atoms with Crippen molar-refractivity contribution in [3.05, 3.63) is 65.5 Å². The van der Waals surface area contributed by atoms with Gasteiger partial charge in [0.25, 0.3) is 0 Å². The lowest BCUT2D eigenvalue weighted by Gasteiger charge is -2.24. The Bertz CT molecular complexity index is 706. The molecule has 1 amide bonds. The first kappa shape index (κ1) is 17.0. The Balaban J connectivity index is 2.01. The van der Waals surface area contributed by atoms with Crippen LogP contribution in [-0.4, -0.2) is 23.9 Å². The Kier molecular flexibility index (Phi) is 5.39. The van der Waals surface area contributed by atoms with Gasteiger partial charge in [-0.1, -0.05) is 12.1 Å². The Hall–Kier alpha value is -2.34. The van der Waals surface area contributed by atoms with Crippen molar-refractivity contribution in [2.24, 2.45) is 0 Å². The van der Waals surface area contributed by atoms with Gasteiger partial charge in [0.1, 0.15) is 17.5 Å². The van der Waals surface area contributed by atoms with Crippen molar-refractivity contribution >= 4 is 11.6 Å². The van der Waals surface area contributed by atoms with Gasteiger partial charge in [-0.25, -0.2) is 13.2 Å². The average molecular weight is 322 g/mol. The molecule has 2 rings (SSSR count). The van der Waals surface area contributed by atoms with Crippen LogP contribution in [0.2, 0.25) is 0 Å². The molecule has 1 N–H and O–H groups in total. The minimum absolute atomic E-state index is 0.0811. The standard InChI is InChI=1S/C17H17F3N2O/c1-11(22(2)10-12-4-3-5-13(18)8-12)17(23)21-16-7-6-14(19)9-15(16)20/h3-9,11H,10H2,1-2H3,(H,21,23)/t11-/m0/s1. The zero-order valence-electron chi connectivity index (χ0n) is 12.8. The number of amides is 1. The maximum Gasteiger partial charge on any atom is 0.241 e. The van der Waals surface area contributed by atoms with E-state index in [9.17, 15) is 18.0 Å². The van der Waals surface area contributed by atoms with Crippen molar-refractivity contribution < 1.29 is 18.0 Å². The molecule has 0 saturated carbocycles. The lowest BCUT2D eigenvalue weighted by atomic mass is 10.2. The summed E-state index contributed by atoms with van der Waals surface area (Å²) in [7, 11) is 1.70. The van der Waals surface area contributed by atoms with Gasteiger partial charge in [-0.3, -0.25) is 9.69 Å². The van der Waals surface area contributed by atoms with Gasteiger partial charge in [0, 0.05) is 12.6 Å². The maximum absolute atomic E-state index is 13.6. The van der Waals surface area contributed by atoms with Gasteiger partial charge in [0.05, 0.1) is 11.7 Å². The fourth-order valence-electron chi connectivity index (χ4n) is 2.09. The normalized spacial score (nSPS) is 12.3. The summed E-state index contributed by atoms with van der Waals surface area (Å²) in [4.78, 5) is 13.9. The quantitative estimate of drug-likeness (QED) is 0.913. The zero-order chi connectivity index (χ0) is 17.0. The van der Waals surface area contributed by atoms with E-state index in [1.807, 2.05) is 0 Å². The van der Waals surface area contributed by atoms with Crippen LogP contribution in [-0.2, 0) is 11.3 Å². The van der Waals surface area contributed by atoms with Crippen molar-refractivity contribution in [2.45, 2.75) is 19.5 Å². The largest absolute Gasteiger partial charge is 0.322 e. The number of hydrogen-bond acceptors (Lipinski definition) is 2. The molecular weight excluding hydrogens is 305 g/mol. The number of carbonyl (C=O) groups excluding carboxylic acids is 1. The molecule has 0 saturated heterocycles. The number of rotatable bonds is 5. The highest BCUT2D eigenvalue weighted by Crippen LogP contribution is 2.16. The molecule has 0 aliphatic carbocycles. The van der Waals surface area contributed by atoms with E-state index in [1.165, 1.54) is 18.2 Å². The van der Waals surface area contributed by atoms with Crippen molar-refractivity contribution in [1.82, 2.24) is 4.90 Å². The molecular formula is C17H17F3N2O. The van der Waals surface area contributed by atoms with Crippen LogP contribution in [0.15, 0.2) is 42.5 Å². The van der Waals surface area contributed by atoms with E-state index < -0.39 is 23.6 Å². The SMILES string of the molecule is C[C@@H](C(=O)Nc1ccc(F)cc1F)N(C)Cc1cccc(F)c1. The van der Waals surface area contributed by atoms with Crippen LogP contribution in [0.4, 0.5) is 18.9 Å². The smallest absolute Gasteiger partial charge is 0.241 e. The number of nitrogens with zero attached hydrogens (tertiary/aromatic N) is 1. The number of hydrogen-bond donors (Lipinski definition) is 1. The van der Waals surface area contributed by atoms with Crippen LogP contribution < -0.4 is 5.32 Å². The second-order valence-corrected chi connectivity index (χ2v) is 5.33. The van der Waals surface area contributed by atoms with Gasteiger partial charge in [-0.05, 0) is 43.8 Å². The molecule has 0 aliphatic heterocycles. The number of carbonyl (C=O) groups is 1. The van der Waals surface area contributed by atoms with E-state index in [-0.39, 0.29) is 11.5 Å². The average Bonchev–Trinajstić information content (AvgIpc) is 2.49. The fourth-order valence-corrected chi connectivity index (χ4v) is 2.09. The van der Waals surface area contributed by atoms with E-state index in [0.29, 0.717) is 12.6 Å². The minimum atomic E-state index is -0.835. The van der Waals surface area contributed by atoms with E-state index >= 15 is 0 Å².